The normalized spacial score (nSPS) is 10.2. The Morgan fingerprint density at radius 1 is 1.50 bits per heavy atom. The molecule has 94 valence electrons. The molecule has 6 nitrogen and oxygen atoms in total. The van der Waals surface area contributed by atoms with Crippen molar-refractivity contribution in [3.8, 4) is 5.75 Å². The molecule has 0 bridgehead atoms. The van der Waals surface area contributed by atoms with Gasteiger partial charge in [0.05, 0.1) is 12.7 Å². The summed E-state index contributed by atoms with van der Waals surface area (Å²) in [5, 5.41) is 5.80. The highest BCUT2D eigenvalue weighted by atomic mass is 19.1. The largest absolute Gasteiger partial charge is 0.497 e. The van der Waals surface area contributed by atoms with Gasteiger partial charge in [-0.3, -0.25) is 10.1 Å². The minimum Gasteiger partial charge on any atom is -0.497 e. The van der Waals surface area contributed by atoms with E-state index in [-0.39, 0.29) is 11.6 Å². The summed E-state index contributed by atoms with van der Waals surface area (Å²) < 4.78 is 23.1. The maximum Gasteiger partial charge on any atom is 0.328 e. The number of anilines is 1. The highest BCUT2D eigenvalue weighted by Crippen LogP contribution is 2.17. The number of nitrogens with zero attached hydrogens (tertiary/aromatic N) is 2. The van der Waals surface area contributed by atoms with E-state index in [1.54, 1.807) is 6.92 Å². The second-order valence-corrected chi connectivity index (χ2v) is 3.45. The van der Waals surface area contributed by atoms with E-state index < -0.39 is 11.7 Å². The molecule has 0 aliphatic carbocycles. The SMILES string of the molecule is COc1ccc(C(=O)Nc2nc(C)no2)c(F)c1. The Balaban J connectivity index is 2.18. The van der Waals surface area contributed by atoms with Gasteiger partial charge in [0, 0.05) is 6.07 Å². The van der Waals surface area contributed by atoms with E-state index in [9.17, 15) is 9.18 Å². The van der Waals surface area contributed by atoms with Crippen LogP contribution in [0.15, 0.2) is 22.7 Å². The molecule has 0 unspecified atom stereocenters. The van der Waals surface area contributed by atoms with E-state index in [0.29, 0.717) is 11.6 Å². The minimum atomic E-state index is -0.692. The average molecular weight is 251 g/mol. The molecule has 0 aliphatic rings. The fourth-order valence-electron chi connectivity index (χ4n) is 1.32. The van der Waals surface area contributed by atoms with Crippen molar-refractivity contribution in [2.75, 3.05) is 12.4 Å². The smallest absolute Gasteiger partial charge is 0.328 e. The molecule has 0 saturated carbocycles. The van der Waals surface area contributed by atoms with Gasteiger partial charge in [-0.15, -0.1) is 0 Å². The zero-order chi connectivity index (χ0) is 13.1. The Hall–Kier alpha value is -2.44. The number of hydrogen-bond acceptors (Lipinski definition) is 5. The molecule has 2 aromatic rings. The second kappa shape index (κ2) is 4.82. The summed E-state index contributed by atoms with van der Waals surface area (Å²) in [5.41, 5.74) is -0.133. The first-order valence-electron chi connectivity index (χ1n) is 5.05. The van der Waals surface area contributed by atoms with Gasteiger partial charge in [0.25, 0.3) is 5.91 Å². The molecule has 18 heavy (non-hydrogen) atoms. The lowest BCUT2D eigenvalue weighted by molar-refractivity contribution is 0.101. The van der Waals surface area contributed by atoms with Gasteiger partial charge in [-0.1, -0.05) is 5.16 Å². The van der Waals surface area contributed by atoms with Crippen LogP contribution in [0.25, 0.3) is 0 Å². The minimum absolute atomic E-state index is 0.0762. The van der Waals surface area contributed by atoms with E-state index in [1.807, 2.05) is 0 Å². The van der Waals surface area contributed by atoms with Gasteiger partial charge in [-0.25, -0.2) is 4.39 Å². The lowest BCUT2D eigenvalue weighted by atomic mass is 10.2. The number of aromatic nitrogens is 2. The summed E-state index contributed by atoms with van der Waals surface area (Å²) in [5.74, 6) is -0.653. The van der Waals surface area contributed by atoms with Crippen LogP contribution in [0.2, 0.25) is 0 Å². The number of carbonyl (C=O) groups excluding carboxylic acids is 1. The summed E-state index contributed by atoms with van der Waals surface area (Å²) in [6.45, 7) is 1.60. The topological polar surface area (TPSA) is 77.2 Å². The van der Waals surface area contributed by atoms with Crippen molar-refractivity contribution in [1.82, 2.24) is 10.1 Å². The van der Waals surface area contributed by atoms with Crippen LogP contribution in [-0.4, -0.2) is 23.2 Å². The molecule has 0 aliphatic heterocycles. The van der Waals surface area contributed by atoms with Crippen molar-refractivity contribution >= 4 is 11.9 Å². The van der Waals surface area contributed by atoms with Gasteiger partial charge in [-0.2, -0.15) is 4.98 Å². The highest BCUT2D eigenvalue weighted by molar-refractivity contribution is 6.03. The Morgan fingerprint density at radius 3 is 2.83 bits per heavy atom. The number of halogens is 1. The molecule has 1 aromatic carbocycles. The molecular formula is C11H10FN3O3. The number of amides is 1. The van der Waals surface area contributed by atoms with Gasteiger partial charge < -0.3 is 9.26 Å². The average Bonchev–Trinajstić information content (AvgIpc) is 2.74. The van der Waals surface area contributed by atoms with Crippen LogP contribution >= 0.6 is 0 Å². The lowest BCUT2D eigenvalue weighted by Crippen LogP contribution is -2.14. The van der Waals surface area contributed by atoms with Gasteiger partial charge in [0.2, 0.25) is 0 Å². The first-order valence-corrected chi connectivity index (χ1v) is 5.05. The maximum absolute atomic E-state index is 13.6. The van der Waals surface area contributed by atoms with Crippen LogP contribution in [0.5, 0.6) is 5.75 Å². The first-order chi connectivity index (χ1) is 8.60. The third-order valence-corrected chi connectivity index (χ3v) is 2.17. The molecule has 1 amide bonds. The number of ether oxygens (including phenoxy) is 1. The maximum atomic E-state index is 13.6. The molecule has 1 heterocycles. The van der Waals surface area contributed by atoms with E-state index in [0.717, 1.165) is 6.07 Å². The van der Waals surface area contributed by atoms with Gasteiger partial charge in [0.15, 0.2) is 5.82 Å². The molecule has 0 saturated heterocycles. The van der Waals surface area contributed by atoms with Crippen molar-refractivity contribution in [2.45, 2.75) is 6.92 Å². The Morgan fingerprint density at radius 2 is 2.28 bits per heavy atom. The molecule has 0 radical (unpaired) electrons. The molecule has 1 N–H and O–H groups in total. The number of aryl methyl sites for hydroxylation is 1. The van der Waals surface area contributed by atoms with E-state index in [2.05, 4.69) is 15.5 Å². The van der Waals surface area contributed by atoms with Crippen LogP contribution in [-0.2, 0) is 0 Å². The third-order valence-electron chi connectivity index (χ3n) is 2.17. The molecule has 0 atom stereocenters. The molecule has 7 heteroatoms. The van der Waals surface area contributed by atoms with Crippen LogP contribution in [0.4, 0.5) is 10.4 Å². The summed E-state index contributed by atoms with van der Waals surface area (Å²) in [4.78, 5) is 15.5. The number of nitrogens with one attached hydrogen (secondary N) is 1. The first kappa shape index (κ1) is 12.0. The predicted octanol–water partition coefficient (Wildman–Crippen LogP) is 1.78. The Bertz CT molecular complexity index is 583. The third kappa shape index (κ3) is 2.45. The number of hydrogen-bond donors (Lipinski definition) is 1. The van der Waals surface area contributed by atoms with Gasteiger partial charge >= 0.3 is 6.01 Å². The highest BCUT2D eigenvalue weighted by Gasteiger charge is 2.15. The van der Waals surface area contributed by atoms with E-state index in [4.69, 9.17) is 9.26 Å². The van der Waals surface area contributed by atoms with E-state index >= 15 is 0 Å². The summed E-state index contributed by atoms with van der Waals surface area (Å²) >= 11 is 0. The van der Waals surface area contributed by atoms with Crippen molar-refractivity contribution < 1.29 is 18.4 Å². The molecule has 1 aromatic heterocycles. The van der Waals surface area contributed by atoms with Crippen LogP contribution in [0.1, 0.15) is 16.2 Å². The Kier molecular flexibility index (Phi) is 3.22. The van der Waals surface area contributed by atoms with Gasteiger partial charge in [-0.05, 0) is 19.1 Å². The number of methoxy groups -OCH3 is 1. The standard InChI is InChI=1S/C11H10FN3O3/c1-6-13-11(18-15-6)14-10(16)8-4-3-7(17-2)5-9(8)12/h3-5H,1-2H3,(H,13,14,15,16). The van der Waals surface area contributed by atoms with Crippen molar-refractivity contribution in [3.63, 3.8) is 0 Å². The van der Waals surface area contributed by atoms with Crippen LogP contribution in [0, 0.1) is 12.7 Å². The fraction of sp³-hybridized carbons (Fsp3) is 0.182. The van der Waals surface area contributed by atoms with Crippen LogP contribution < -0.4 is 10.1 Å². The quantitative estimate of drug-likeness (QED) is 0.899. The molecule has 2 rings (SSSR count). The number of benzene rings is 1. The summed E-state index contributed by atoms with van der Waals surface area (Å²) in [6, 6.07) is 3.84. The lowest BCUT2D eigenvalue weighted by Gasteiger charge is -2.04. The zero-order valence-electron chi connectivity index (χ0n) is 9.73. The van der Waals surface area contributed by atoms with Crippen molar-refractivity contribution in [2.24, 2.45) is 0 Å². The van der Waals surface area contributed by atoms with E-state index in [1.165, 1.54) is 19.2 Å². The number of rotatable bonds is 3. The monoisotopic (exact) mass is 251 g/mol. The Labute approximate surface area is 102 Å². The fourth-order valence-corrected chi connectivity index (χ4v) is 1.32. The van der Waals surface area contributed by atoms with Crippen LogP contribution in [0.3, 0.4) is 0 Å². The van der Waals surface area contributed by atoms with Crippen molar-refractivity contribution in [1.29, 1.82) is 0 Å². The molecule has 0 fully saturated rings. The van der Waals surface area contributed by atoms with Crippen molar-refractivity contribution in [3.05, 3.63) is 35.4 Å². The summed E-state index contributed by atoms with van der Waals surface area (Å²) in [6.07, 6.45) is 0. The number of carbonyl (C=O) groups is 1. The zero-order valence-corrected chi connectivity index (χ0v) is 9.73. The predicted molar refractivity (Wildman–Crippen MR) is 59.9 cm³/mol. The van der Waals surface area contributed by atoms with Gasteiger partial charge in [0.1, 0.15) is 11.6 Å². The second-order valence-electron chi connectivity index (χ2n) is 3.45. The molecular weight excluding hydrogens is 241 g/mol. The molecule has 0 spiro atoms. The summed E-state index contributed by atoms with van der Waals surface area (Å²) in [7, 11) is 1.41.